The maximum Gasteiger partial charge on any atom is 0.231 e. The Bertz CT molecular complexity index is 491. The molecule has 0 amide bonds. The molecule has 1 fully saturated rings. The van der Waals surface area contributed by atoms with Gasteiger partial charge in [0, 0.05) is 19.1 Å². The molecule has 22 heavy (non-hydrogen) atoms. The number of nitrogens with zero attached hydrogens (tertiary/aromatic N) is 1. The summed E-state index contributed by atoms with van der Waals surface area (Å²) in [5, 5.41) is 9.82. The lowest BCUT2D eigenvalue weighted by Gasteiger charge is -2.38. The Morgan fingerprint density at radius 1 is 1.23 bits per heavy atom. The lowest BCUT2D eigenvalue weighted by atomic mass is 9.80. The SMILES string of the molecule is CCCCCN1CC[C@H](c2ccc3c(c2)OCO3)[C@@H](CO)C1. The van der Waals surface area contributed by atoms with Gasteiger partial charge in [0.25, 0.3) is 0 Å². The summed E-state index contributed by atoms with van der Waals surface area (Å²) < 4.78 is 10.9. The van der Waals surface area contributed by atoms with E-state index in [0.29, 0.717) is 18.6 Å². The topological polar surface area (TPSA) is 41.9 Å². The minimum Gasteiger partial charge on any atom is -0.454 e. The highest BCUT2D eigenvalue weighted by molar-refractivity contribution is 5.45. The van der Waals surface area contributed by atoms with Gasteiger partial charge >= 0.3 is 0 Å². The second-order valence-electron chi connectivity index (χ2n) is 6.46. The number of piperidine rings is 1. The number of aliphatic hydroxyl groups is 1. The van der Waals surface area contributed by atoms with E-state index in [1.54, 1.807) is 0 Å². The third-order valence-electron chi connectivity index (χ3n) is 4.96. The molecule has 2 aliphatic heterocycles. The summed E-state index contributed by atoms with van der Waals surface area (Å²) in [7, 11) is 0. The summed E-state index contributed by atoms with van der Waals surface area (Å²) in [5.74, 6) is 2.42. The average molecular weight is 305 g/mol. The van der Waals surface area contributed by atoms with Gasteiger partial charge in [-0.3, -0.25) is 0 Å². The zero-order chi connectivity index (χ0) is 15.4. The predicted molar refractivity (Wildman–Crippen MR) is 86.5 cm³/mol. The van der Waals surface area contributed by atoms with Crippen molar-refractivity contribution in [1.82, 2.24) is 4.90 Å². The highest BCUT2D eigenvalue weighted by atomic mass is 16.7. The number of aliphatic hydroxyl groups excluding tert-OH is 1. The van der Waals surface area contributed by atoms with Crippen LogP contribution in [0.2, 0.25) is 0 Å². The fourth-order valence-electron chi connectivity index (χ4n) is 3.66. The molecule has 0 bridgehead atoms. The van der Waals surface area contributed by atoms with Crippen LogP contribution in [0.3, 0.4) is 0 Å². The Morgan fingerprint density at radius 2 is 2.09 bits per heavy atom. The predicted octanol–water partition coefficient (Wildman–Crippen LogP) is 3.00. The molecule has 4 heteroatoms. The number of fused-ring (bicyclic) bond motifs is 1. The summed E-state index contributed by atoms with van der Waals surface area (Å²) in [5.41, 5.74) is 1.27. The smallest absolute Gasteiger partial charge is 0.231 e. The van der Waals surface area contributed by atoms with Crippen LogP contribution >= 0.6 is 0 Å². The van der Waals surface area contributed by atoms with Gasteiger partial charge in [0.15, 0.2) is 11.5 Å². The standard InChI is InChI=1S/C18H27NO3/c1-2-3-4-8-19-9-7-16(15(11-19)12-20)14-5-6-17-18(10-14)22-13-21-17/h5-6,10,15-16,20H,2-4,7-9,11-13H2,1H3/t15-,16-/m1/s1. The first-order valence-corrected chi connectivity index (χ1v) is 8.54. The maximum atomic E-state index is 9.82. The third-order valence-corrected chi connectivity index (χ3v) is 4.96. The van der Waals surface area contributed by atoms with Gasteiger partial charge in [0.05, 0.1) is 0 Å². The molecule has 0 aromatic heterocycles. The fraction of sp³-hybridized carbons (Fsp3) is 0.667. The van der Waals surface area contributed by atoms with Crippen LogP contribution in [0.15, 0.2) is 18.2 Å². The molecule has 2 heterocycles. The van der Waals surface area contributed by atoms with Crippen LogP contribution in [-0.2, 0) is 0 Å². The molecule has 1 N–H and O–H groups in total. The van der Waals surface area contributed by atoms with E-state index in [4.69, 9.17) is 9.47 Å². The minimum absolute atomic E-state index is 0.253. The largest absolute Gasteiger partial charge is 0.454 e. The van der Waals surface area contributed by atoms with Crippen LogP contribution in [0.4, 0.5) is 0 Å². The number of unbranched alkanes of at least 4 members (excludes halogenated alkanes) is 2. The van der Waals surface area contributed by atoms with Gasteiger partial charge in [-0.2, -0.15) is 0 Å². The lowest BCUT2D eigenvalue weighted by molar-refractivity contribution is 0.100. The molecule has 0 radical (unpaired) electrons. The lowest BCUT2D eigenvalue weighted by Crippen LogP contribution is -2.41. The van der Waals surface area contributed by atoms with Crippen molar-refractivity contribution in [3.05, 3.63) is 23.8 Å². The molecule has 1 aromatic carbocycles. The van der Waals surface area contributed by atoms with Crippen LogP contribution in [0, 0.1) is 5.92 Å². The van der Waals surface area contributed by atoms with Crippen LogP contribution in [0.5, 0.6) is 11.5 Å². The van der Waals surface area contributed by atoms with E-state index < -0.39 is 0 Å². The molecule has 4 nitrogen and oxygen atoms in total. The number of ether oxygens (including phenoxy) is 2. The minimum atomic E-state index is 0.253. The highest BCUT2D eigenvalue weighted by Crippen LogP contribution is 2.39. The van der Waals surface area contributed by atoms with Gasteiger partial charge in [-0.25, -0.2) is 0 Å². The molecule has 122 valence electrons. The van der Waals surface area contributed by atoms with E-state index in [9.17, 15) is 5.11 Å². The quantitative estimate of drug-likeness (QED) is 0.820. The molecule has 2 atom stereocenters. The molecule has 0 saturated carbocycles. The van der Waals surface area contributed by atoms with E-state index in [1.807, 2.05) is 6.07 Å². The Labute approximate surface area is 133 Å². The first-order valence-electron chi connectivity index (χ1n) is 8.54. The van der Waals surface area contributed by atoms with Crippen molar-refractivity contribution < 1.29 is 14.6 Å². The second-order valence-corrected chi connectivity index (χ2v) is 6.46. The molecule has 0 unspecified atom stereocenters. The number of hydrogen-bond donors (Lipinski definition) is 1. The zero-order valence-corrected chi connectivity index (χ0v) is 13.5. The highest BCUT2D eigenvalue weighted by Gasteiger charge is 2.30. The van der Waals surface area contributed by atoms with Crippen LogP contribution in [-0.4, -0.2) is 43.0 Å². The molecule has 1 aromatic rings. The molecular formula is C18H27NO3. The molecule has 1 saturated heterocycles. The summed E-state index contributed by atoms with van der Waals surface area (Å²) in [6.45, 7) is 6.10. The van der Waals surface area contributed by atoms with Gasteiger partial charge < -0.3 is 19.5 Å². The normalized spacial score (nSPS) is 24.6. The van der Waals surface area contributed by atoms with Gasteiger partial charge in [-0.15, -0.1) is 0 Å². The van der Waals surface area contributed by atoms with Crippen molar-refractivity contribution in [1.29, 1.82) is 0 Å². The Hall–Kier alpha value is -1.26. The summed E-state index contributed by atoms with van der Waals surface area (Å²) in [4.78, 5) is 2.51. The third kappa shape index (κ3) is 3.39. The summed E-state index contributed by atoms with van der Waals surface area (Å²) >= 11 is 0. The molecule has 3 rings (SSSR count). The average Bonchev–Trinajstić information content (AvgIpc) is 3.02. The molecule has 2 aliphatic rings. The Balaban J connectivity index is 1.64. The summed E-state index contributed by atoms with van der Waals surface area (Å²) in [6, 6.07) is 6.23. The number of likely N-dealkylation sites (tertiary alicyclic amines) is 1. The van der Waals surface area contributed by atoms with E-state index in [0.717, 1.165) is 37.6 Å². The van der Waals surface area contributed by atoms with Crippen LogP contribution < -0.4 is 9.47 Å². The number of hydrogen-bond acceptors (Lipinski definition) is 4. The van der Waals surface area contributed by atoms with Crippen molar-refractivity contribution in [3.8, 4) is 11.5 Å². The van der Waals surface area contributed by atoms with Crippen LogP contribution in [0.1, 0.15) is 44.1 Å². The zero-order valence-electron chi connectivity index (χ0n) is 13.5. The Morgan fingerprint density at radius 3 is 2.91 bits per heavy atom. The van der Waals surface area contributed by atoms with Crippen LogP contribution in [0.25, 0.3) is 0 Å². The van der Waals surface area contributed by atoms with Gasteiger partial charge in [0.2, 0.25) is 6.79 Å². The van der Waals surface area contributed by atoms with Crippen molar-refractivity contribution in [2.75, 3.05) is 33.0 Å². The first-order chi connectivity index (χ1) is 10.8. The molecule has 0 spiro atoms. The van der Waals surface area contributed by atoms with Gasteiger partial charge in [-0.1, -0.05) is 25.8 Å². The second kappa shape index (κ2) is 7.34. The molecule has 0 aliphatic carbocycles. The van der Waals surface area contributed by atoms with Gasteiger partial charge in [0.1, 0.15) is 0 Å². The van der Waals surface area contributed by atoms with Crippen molar-refractivity contribution in [2.24, 2.45) is 5.92 Å². The molecular weight excluding hydrogens is 278 g/mol. The van der Waals surface area contributed by atoms with Gasteiger partial charge in [-0.05, 0) is 49.5 Å². The van der Waals surface area contributed by atoms with Crippen molar-refractivity contribution >= 4 is 0 Å². The van der Waals surface area contributed by atoms with Crippen molar-refractivity contribution in [3.63, 3.8) is 0 Å². The van der Waals surface area contributed by atoms with Crippen molar-refractivity contribution in [2.45, 2.75) is 38.5 Å². The monoisotopic (exact) mass is 305 g/mol. The van der Waals surface area contributed by atoms with E-state index >= 15 is 0 Å². The Kier molecular flexibility index (Phi) is 5.21. The fourth-order valence-corrected chi connectivity index (χ4v) is 3.66. The first kappa shape index (κ1) is 15.6. The van der Waals surface area contributed by atoms with E-state index in [-0.39, 0.29) is 6.61 Å². The number of benzene rings is 1. The number of rotatable bonds is 6. The van der Waals surface area contributed by atoms with E-state index in [2.05, 4.69) is 24.0 Å². The maximum absolute atomic E-state index is 9.82. The summed E-state index contributed by atoms with van der Waals surface area (Å²) in [6.07, 6.45) is 4.93. The van der Waals surface area contributed by atoms with E-state index in [1.165, 1.54) is 24.8 Å².